The van der Waals surface area contributed by atoms with E-state index in [1.54, 1.807) is 49.6 Å². The summed E-state index contributed by atoms with van der Waals surface area (Å²) >= 11 is 5.93. The first-order chi connectivity index (χ1) is 11.6. The average molecular weight is 343 g/mol. The smallest absolute Gasteiger partial charge is 0.193 e. The molecule has 3 rings (SSSR count). The van der Waals surface area contributed by atoms with Crippen molar-refractivity contribution in [2.24, 2.45) is 0 Å². The van der Waals surface area contributed by atoms with Crippen LogP contribution in [-0.2, 0) is 0 Å². The van der Waals surface area contributed by atoms with Crippen molar-refractivity contribution in [2.75, 3.05) is 13.7 Å². The maximum absolute atomic E-state index is 12.3. The Morgan fingerprint density at radius 2 is 2.00 bits per heavy atom. The normalized spacial score (nSPS) is 10.6. The first-order valence-corrected chi connectivity index (χ1v) is 7.65. The van der Waals surface area contributed by atoms with E-state index in [9.17, 15) is 4.79 Å². The van der Waals surface area contributed by atoms with Gasteiger partial charge in [-0.2, -0.15) is 0 Å². The number of halogens is 1. The van der Waals surface area contributed by atoms with E-state index >= 15 is 0 Å². The summed E-state index contributed by atoms with van der Waals surface area (Å²) in [5, 5.41) is 0.942. The van der Waals surface area contributed by atoms with Gasteiger partial charge in [0.1, 0.15) is 18.0 Å². The number of fused-ring (bicyclic) bond motifs is 1. The van der Waals surface area contributed by atoms with E-state index in [1.165, 1.54) is 6.07 Å². The molecule has 4 nitrogen and oxygen atoms in total. The van der Waals surface area contributed by atoms with Crippen molar-refractivity contribution in [3.8, 4) is 22.8 Å². The Morgan fingerprint density at radius 1 is 1.17 bits per heavy atom. The second kappa shape index (κ2) is 6.81. The molecule has 0 spiro atoms. The van der Waals surface area contributed by atoms with Gasteiger partial charge in [0.2, 0.25) is 0 Å². The molecule has 0 N–H and O–H groups in total. The topological polar surface area (TPSA) is 48.7 Å². The van der Waals surface area contributed by atoms with E-state index in [2.05, 4.69) is 6.58 Å². The summed E-state index contributed by atoms with van der Waals surface area (Å²) in [5.74, 6) is 1.59. The van der Waals surface area contributed by atoms with Gasteiger partial charge in [0, 0.05) is 16.7 Å². The van der Waals surface area contributed by atoms with Gasteiger partial charge in [0.25, 0.3) is 0 Å². The highest BCUT2D eigenvalue weighted by Gasteiger charge is 2.11. The molecule has 0 bridgehead atoms. The van der Waals surface area contributed by atoms with Crippen LogP contribution in [0, 0.1) is 0 Å². The Balaban J connectivity index is 2.08. The molecule has 0 saturated heterocycles. The fourth-order valence-electron chi connectivity index (χ4n) is 2.36. The summed E-state index contributed by atoms with van der Waals surface area (Å²) in [4.78, 5) is 12.3. The monoisotopic (exact) mass is 342 g/mol. The van der Waals surface area contributed by atoms with Crippen LogP contribution < -0.4 is 14.9 Å². The molecule has 0 aliphatic rings. The lowest BCUT2D eigenvalue weighted by atomic mass is 10.1. The molecule has 0 saturated carbocycles. The number of ether oxygens (including phenoxy) is 2. The minimum Gasteiger partial charge on any atom is -0.493 e. The molecule has 0 unspecified atom stereocenters. The summed E-state index contributed by atoms with van der Waals surface area (Å²) in [6.07, 6.45) is 1.65. The van der Waals surface area contributed by atoms with Crippen LogP contribution in [0.4, 0.5) is 0 Å². The van der Waals surface area contributed by atoms with Crippen molar-refractivity contribution in [3.05, 3.63) is 70.4 Å². The summed E-state index contributed by atoms with van der Waals surface area (Å²) in [5.41, 5.74) is 1.04. The highest BCUT2D eigenvalue weighted by atomic mass is 35.5. The van der Waals surface area contributed by atoms with Crippen molar-refractivity contribution >= 4 is 22.6 Å². The molecule has 0 aliphatic carbocycles. The summed E-state index contributed by atoms with van der Waals surface area (Å²) in [6, 6.07) is 11.7. The fraction of sp³-hybridized carbons (Fsp3) is 0.105. The third-order valence-electron chi connectivity index (χ3n) is 3.49. The third kappa shape index (κ3) is 3.14. The number of hydrogen-bond acceptors (Lipinski definition) is 4. The molecule has 0 aliphatic heterocycles. The Hall–Kier alpha value is -2.72. The highest BCUT2D eigenvalue weighted by molar-refractivity contribution is 6.31. The van der Waals surface area contributed by atoms with Gasteiger partial charge in [-0.25, -0.2) is 0 Å². The Kier molecular flexibility index (Phi) is 4.58. The van der Waals surface area contributed by atoms with Gasteiger partial charge in [0.05, 0.1) is 12.5 Å². The molecule has 122 valence electrons. The van der Waals surface area contributed by atoms with Gasteiger partial charge in [0.15, 0.2) is 16.9 Å². The van der Waals surface area contributed by atoms with Crippen molar-refractivity contribution in [1.82, 2.24) is 0 Å². The van der Waals surface area contributed by atoms with Crippen LogP contribution in [0.3, 0.4) is 0 Å². The van der Waals surface area contributed by atoms with Gasteiger partial charge < -0.3 is 13.9 Å². The first-order valence-electron chi connectivity index (χ1n) is 7.28. The van der Waals surface area contributed by atoms with E-state index in [4.69, 9.17) is 25.5 Å². The van der Waals surface area contributed by atoms with Crippen molar-refractivity contribution in [2.45, 2.75) is 0 Å². The second-order valence-electron chi connectivity index (χ2n) is 5.08. The minimum atomic E-state index is -0.153. The molecule has 24 heavy (non-hydrogen) atoms. The van der Waals surface area contributed by atoms with Crippen LogP contribution >= 0.6 is 11.6 Å². The predicted octanol–water partition coefficient (Wildman–Crippen LogP) is 4.69. The number of hydrogen-bond donors (Lipinski definition) is 0. The standard InChI is InChI=1S/C19H15ClO4/c1-3-8-23-17-6-4-12(9-19(17)22-2)18-11-15(21)14-10-13(20)5-7-16(14)24-18/h3-7,9-11H,1,8H2,2H3. The predicted molar refractivity (Wildman–Crippen MR) is 95.2 cm³/mol. The van der Waals surface area contributed by atoms with Crippen LogP contribution in [0.1, 0.15) is 0 Å². The van der Waals surface area contributed by atoms with Crippen LogP contribution in [0.15, 0.2) is 64.3 Å². The van der Waals surface area contributed by atoms with Crippen LogP contribution in [0.5, 0.6) is 11.5 Å². The molecule has 0 radical (unpaired) electrons. The van der Waals surface area contributed by atoms with Gasteiger partial charge >= 0.3 is 0 Å². The largest absolute Gasteiger partial charge is 0.493 e. The average Bonchev–Trinajstić information content (AvgIpc) is 2.60. The van der Waals surface area contributed by atoms with Crippen LogP contribution in [0.25, 0.3) is 22.3 Å². The molecule has 1 aromatic heterocycles. The second-order valence-corrected chi connectivity index (χ2v) is 5.52. The van der Waals surface area contributed by atoms with Crippen molar-refractivity contribution in [1.29, 1.82) is 0 Å². The van der Waals surface area contributed by atoms with Crippen LogP contribution in [-0.4, -0.2) is 13.7 Å². The lowest BCUT2D eigenvalue weighted by Crippen LogP contribution is -2.01. The summed E-state index contributed by atoms with van der Waals surface area (Å²) < 4.78 is 16.7. The Bertz CT molecular complexity index is 959. The summed E-state index contributed by atoms with van der Waals surface area (Å²) in [6.45, 7) is 3.99. The maximum Gasteiger partial charge on any atom is 0.193 e. The molecule has 0 amide bonds. The number of rotatable bonds is 5. The minimum absolute atomic E-state index is 0.153. The zero-order chi connectivity index (χ0) is 17.1. The van der Waals surface area contributed by atoms with Gasteiger partial charge in [-0.05, 0) is 36.4 Å². The van der Waals surface area contributed by atoms with E-state index in [0.717, 1.165) is 0 Å². The van der Waals surface area contributed by atoms with Crippen LogP contribution in [0.2, 0.25) is 5.02 Å². The fourth-order valence-corrected chi connectivity index (χ4v) is 2.53. The van der Waals surface area contributed by atoms with E-state index in [0.29, 0.717) is 45.4 Å². The quantitative estimate of drug-likeness (QED) is 0.631. The van der Waals surface area contributed by atoms with Gasteiger partial charge in [-0.1, -0.05) is 24.3 Å². The summed E-state index contributed by atoms with van der Waals surface area (Å²) in [7, 11) is 1.55. The Morgan fingerprint density at radius 3 is 2.75 bits per heavy atom. The van der Waals surface area contributed by atoms with Gasteiger partial charge in [-0.3, -0.25) is 4.79 Å². The zero-order valence-corrected chi connectivity index (χ0v) is 13.8. The number of methoxy groups -OCH3 is 1. The molecule has 5 heteroatoms. The van der Waals surface area contributed by atoms with E-state index in [-0.39, 0.29) is 5.43 Å². The van der Waals surface area contributed by atoms with Crippen molar-refractivity contribution in [3.63, 3.8) is 0 Å². The molecule has 3 aromatic rings. The van der Waals surface area contributed by atoms with E-state index < -0.39 is 0 Å². The molecular weight excluding hydrogens is 328 g/mol. The zero-order valence-electron chi connectivity index (χ0n) is 13.0. The van der Waals surface area contributed by atoms with Gasteiger partial charge in [-0.15, -0.1) is 0 Å². The molecule has 0 atom stereocenters. The van der Waals surface area contributed by atoms with E-state index in [1.807, 2.05) is 0 Å². The third-order valence-corrected chi connectivity index (χ3v) is 3.73. The molecule has 0 fully saturated rings. The van der Waals surface area contributed by atoms with Crippen molar-refractivity contribution < 1.29 is 13.9 Å². The SMILES string of the molecule is C=CCOc1ccc(-c2cc(=O)c3cc(Cl)ccc3o2)cc1OC. The Labute approximate surface area is 143 Å². The first kappa shape index (κ1) is 16.1. The number of benzene rings is 2. The lowest BCUT2D eigenvalue weighted by Gasteiger charge is -2.11. The maximum atomic E-state index is 12.3. The molecular formula is C19H15ClO4. The highest BCUT2D eigenvalue weighted by Crippen LogP contribution is 2.33. The molecule has 2 aromatic carbocycles. The lowest BCUT2D eigenvalue weighted by molar-refractivity contribution is 0.326. The molecule has 1 heterocycles.